The SMILES string of the molecule is Oc1ccc(C2CCCC(C3CCCCC3)C2)cc1. The predicted octanol–water partition coefficient (Wildman–Crippen LogP) is 5.25. The third-order valence-corrected chi connectivity index (χ3v) is 5.40. The second-order valence-corrected chi connectivity index (χ2v) is 6.61. The molecule has 0 radical (unpaired) electrons. The molecule has 1 aromatic rings. The quantitative estimate of drug-likeness (QED) is 0.768. The second kappa shape index (κ2) is 5.98. The fourth-order valence-electron chi connectivity index (χ4n) is 4.31. The highest BCUT2D eigenvalue weighted by Crippen LogP contribution is 2.43. The van der Waals surface area contributed by atoms with E-state index in [0.717, 1.165) is 17.8 Å². The molecule has 2 fully saturated rings. The molecule has 2 aliphatic rings. The van der Waals surface area contributed by atoms with Crippen molar-refractivity contribution in [3.63, 3.8) is 0 Å². The van der Waals surface area contributed by atoms with Gasteiger partial charge >= 0.3 is 0 Å². The molecule has 104 valence electrons. The number of rotatable bonds is 2. The van der Waals surface area contributed by atoms with Crippen LogP contribution in [0.15, 0.2) is 24.3 Å². The zero-order valence-corrected chi connectivity index (χ0v) is 11.9. The van der Waals surface area contributed by atoms with Crippen LogP contribution in [0.5, 0.6) is 5.75 Å². The Labute approximate surface area is 117 Å². The number of aromatic hydroxyl groups is 1. The zero-order valence-electron chi connectivity index (χ0n) is 11.9. The van der Waals surface area contributed by atoms with Crippen molar-refractivity contribution >= 4 is 0 Å². The van der Waals surface area contributed by atoms with E-state index in [2.05, 4.69) is 12.1 Å². The Bertz CT molecular complexity index is 389. The summed E-state index contributed by atoms with van der Waals surface area (Å²) in [6.07, 6.45) is 12.9. The number of phenolic OH excluding ortho intramolecular Hbond substituents is 1. The molecule has 0 bridgehead atoms. The lowest BCUT2D eigenvalue weighted by Gasteiger charge is -2.36. The molecular weight excluding hydrogens is 232 g/mol. The van der Waals surface area contributed by atoms with Crippen molar-refractivity contribution in [3.05, 3.63) is 29.8 Å². The molecule has 19 heavy (non-hydrogen) atoms. The summed E-state index contributed by atoms with van der Waals surface area (Å²) in [4.78, 5) is 0. The Morgan fingerprint density at radius 3 is 2.16 bits per heavy atom. The van der Waals surface area contributed by atoms with Crippen LogP contribution in [0.3, 0.4) is 0 Å². The fraction of sp³-hybridized carbons (Fsp3) is 0.667. The molecule has 0 aromatic heterocycles. The van der Waals surface area contributed by atoms with Crippen molar-refractivity contribution in [2.24, 2.45) is 11.8 Å². The first-order valence-corrected chi connectivity index (χ1v) is 8.12. The molecule has 2 unspecified atom stereocenters. The second-order valence-electron chi connectivity index (χ2n) is 6.61. The topological polar surface area (TPSA) is 20.2 Å². The van der Waals surface area contributed by atoms with Crippen LogP contribution in [-0.4, -0.2) is 5.11 Å². The third-order valence-electron chi connectivity index (χ3n) is 5.40. The van der Waals surface area contributed by atoms with Crippen LogP contribution in [0.25, 0.3) is 0 Å². The van der Waals surface area contributed by atoms with E-state index in [0.29, 0.717) is 5.75 Å². The van der Waals surface area contributed by atoms with Crippen molar-refractivity contribution in [3.8, 4) is 5.75 Å². The van der Waals surface area contributed by atoms with Gasteiger partial charge in [0.25, 0.3) is 0 Å². The summed E-state index contributed by atoms with van der Waals surface area (Å²) in [7, 11) is 0. The van der Waals surface area contributed by atoms with Crippen LogP contribution in [0.2, 0.25) is 0 Å². The largest absolute Gasteiger partial charge is 0.508 e. The van der Waals surface area contributed by atoms with Crippen LogP contribution < -0.4 is 0 Å². The van der Waals surface area contributed by atoms with Gasteiger partial charge in [0.2, 0.25) is 0 Å². The first-order valence-electron chi connectivity index (χ1n) is 8.12. The van der Waals surface area contributed by atoms with Crippen LogP contribution in [0.4, 0.5) is 0 Å². The minimum atomic E-state index is 0.392. The number of benzene rings is 1. The Morgan fingerprint density at radius 2 is 1.42 bits per heavy atom. The van der Waals surface area contributed by atoms with Gasteiger partial charge in [-0.2, -0.15) is 0 Å². The van der Waals surface area contributed by atoms with Crippen molar-refractivity contribution in [2.45, 2.75) is 63.7 Å². The zero-order chi connectivity index (χ0) is 13.1. The van der Waals surface area contributed by atoms with E-state index >= 15 is 0 Å². The lowest BCUT2D eigenvalue weighted by atomic mass is 9.69. The average molecular weight is 258 g/mol. The summed E-state index contributed by atoms with van der Waals surface area (Å²) < 4.78 is 0. The molecule has 1 N–H and O–H groups in total. The third kappa shape index (κ3) is 3.13. The lowest BCUT2D eigenvalue weighted by Crippen LogP contribution is -2.23. The normalized spacial score (nSPS) is 29.3. The Morgan fingerprint density at radius 1 is 0.737 bits per heavy atom. The smallest absolute Gasteiger partial charge is 0.115 e. The molecule has 3 rings (SSSR count). The summed E-state index contributed by atoms with van der Waals surface area (Å²) in [6, 6.07) is 7.95. The fourth-order valence-corrected chi connectivity index (χ4v) is 4.31. The minimum Gasteiger partial charge on any atom is -0.508 e. The number of hydrogen-bond acceptors (Lipinski definition) is 1. The lowest BCUT2D eigenvalue weighted by molar-refractivity contribution is 0.183. The van der Waals surface area contributed by atoms with Gasteiger partial charge in [0.15, 0.2) is 0 Å². The molecule has 1 heteroatoms. The van der Waals surface area contributed by atoms with Crippen molar-refractivity contribution in [1.82, 2.24) is 0 Å². The van der Waals surface area contributed by atoms with E-state index in [-0.39, 0.29) is 0 Å². The van der Waals surface area contributed by atoms with Crippen LogP contribution in [-0.2, 0) is 0 Å². The molecular formula is C18H26O. The summed E-state index contributed by atoms with van der Waals surface area (Å²) >= 11 is 0. The monoisotopic (exact) mass is 258 g/mol. The first-order chi connectivity index (χ1) is 9.33. The first kappa shape index (κ1) is 13.0. The van der Waals surface area contributed by atoms with Gasteiger partial charge in [0, 0.05) is 0 Å². The van der Waals surface area contributed by atoms with Crippen molar-refractivity contribution in [2.75, 3.05) is 0 Å². The van der Waals surface area contributed by atoms with Gasteiger partial charge in [-0.05, 0) is 48.3 Å². The Hall–Kier alpha value is -0.980. The molecule has 0 heterocycles. The van der Waals surface area contributed by atoms with E-state index in [9.17, 15) is 5.11 Å². The van der Waals surface area contributed by atoms with E-state index in [4.69, 9.17) is 0 Å². The summed E-state index contributed by atoms with van der Waals surface area (Å²) in [6.45, 7) is 0. The Kier molecular flexibility index (Phi) is 4.10. The van der Waals surface area contributed by atoms with Crippen LogP contribution in [0.1, 0.15) is 69.3 Å². The van der Waals surface area contributed by atoms with Gasteiger partial charge in [-0.25, -0.2) is 0 Å². The Balaban J connectivity index is 1.65. The molecule has 2 atom stereocenters. The van der Waals surface area contributed by atoms with Gasteiger partial charge in [0.05, 0.1) is 0 Å². The van der Waals surface area contributed by atoms with Gasteiger partial charge in [-0.1, -0.05) is 57.1 Å². The van der Waals surface area contributed by atoms with Crippen molar-refractivity contribution < 1.29 is 5.11 Å². The highest BCUT2D eigenvalue weighted by Gasteiger charge is 2.29. The van der Waals surface area contributed by atoms with E-state index in [1.54, 1.807) is 0 Å². The highest BCUT2D eigenvalue weighted by atomic mass is 16.3. The van der Waals surface area contributed by atoms with Crippen molar-refractivity contribution in [1.29, 1.82) is 0 Å². The van der Waals surface area contributed by atoms with Gasteiger partial charge in [-0.15, -0.1) is 0 Å². The number of phenols is 1. The van der Waals surface area contributed by atoms with Crippen LogP contribution in [0, 0.1) is 11.8 Å². The van der Waals surface area contributed by atoms with E-state index < -0.39 is 0 Å². The standard InChI is InChI=1S/C18H26O/c19-18-11-9-15(10-12-18)17-8-4-7-16(13-17)14-5-2-1-3-6-14/h9-12,14,16-17,19H,1-8,13H2. The maximum absolute atomic E-state index is 9.41. The molecule has 2 saturated carbocycles. The van der Waals surface area contributed by atoms with Gasteiger partial charge in [-0.3, -0.25) is 0 Å². The molecule has 0 spiro atoms. The molecule has 1 nitrogen and oxygen atoms in total. The highest BCUT2D eigenvalue weighted by molar-refractivity contribution is 5.28. The number of hydrogen-bond donors (Lipinski definition) is 1. The summed E-state index contributed by atoms with van der Waals surface area (Å²) in [5, 5.41) is 9.41. The molecule has 2 aliphatic carbocycles. The maximum atomic E-state index is 9.41. The molecule has 0 amide bonds. The summed E-state index contributed by atoms with van der Waals surface area (Å²) in [5.41, 5.74) is 1.44. The molecule has 0 aliphatic heterocycles. The predicted molar refractivity (Wildman–Crippen MR) is 79.4 cm³/mol. The van der Waals surface area contributed by atoms with Gasteiger partial charge in [0.1, 0.15) is 5.75 Å². The van der Waals surface area contributed by atoms with E-state index in [1.165, 1.54) is 63.4 Å². The van der Waals surface area contributed by atoms with Crippen LogP contribution >= 0.6 is 0 Å². The molecule has 0 saturated heterocycles. The van der Waals surface area contributed by atoms with Gasteiger partial charge < -0.3 is 5.11 Å². The average Bonchev–Trinajstić information content (AvgIpc) is 2.49. The maximum Gasteiger partial charge on any atom is 0.115 e. The summed E-state index contributed by atoms with van der Waals surface area (Å²) in [5.74, 6) is 3.10. The minimum absolute atomic E-state index is 0.392. The molecule has 1 aromatic carbocycles. The van der Waals surface area contributed by atoms with E-state index in [1.807, 2.05) is 12.1 Å².